The van der Waals surface area contributed by atoms with Crippen LogP contribution in [0, 0.1) is 0 Å². The summed E-state index contributed by atoms with van der Waals surface area (Å²) in [5, 5.41) is 9.25. The van der Waals surface area contributed by atoms with Gasteiger partial charge in [0, 0.05) is 18.3 Å². The Hall–Kier alpha value is -2.58. The van der Waals surface area contributed by atoms with E-state index in [0.29, 0.717) is 23.7 Å². The van der Waals surface area contributed by atoms with E-state index in [1.165, 1.54) is 14.2 Å². The minimum Gasteiger partial charge on any atom is -0.493 e. The van der Waals surface area contributed by atoms with Crippen LogP contribution in [-0.4, -0.2) is 51.6 Å². The van der Waals surface area contributed by atoms with E-state index in [1.807, 2.05) is 35.8 Å². The van der Waals surface area contributed by atoms with Gasteiger partial charge in [0.05, 0.1) is 20.3 Å². The minimum absolute atomic E-state index is 0.000851. The first-order valence-corrected chi connectivity index (χ1v) is 8.90. The number of rotatable bonds is 7. The lowest BCUT2D eigenvalue weighted by Crippen LogP contribution is -2.40. The Bertz CT molecular complexity index is 747. The van der Waals surface area contributed by atoms with E-state index in [0.717, 1.165) is 5.56 Å². The molecule has 2 amide bonds. The number of nitrogens with one attached hydrogen (secondary N) is 2. The molecule has 0 bridgehead atoms. The van der Waals surface area contributed by atoms with E-state index in [2.05, 4.69) is 10.6 Å². The van der Waals surface area contributed by atoms with E-state index < -0.39 is 11.8 Å². The number of hydrogen-bond donors (Lipinski definition) is 2. The van der Waals surface area contributed by atoms with Crippen molar-refractivity contribution in [1.29, 1.82) is 0 Å². The molecule has 0 saturated heterocycles. The van der Waals surface area contributed by atoms with Crippen molar-refractivity contribution in [2.24, 2.45) is 0 Å². The van der Waals surface area contributed by atoms with Gasteiger partial charge in [-0.05, 0) is 48.6 Å². The van der Waals surface area contributed by atoms with E-state index in [9.17, 15) is 9.59 Å². The third-order valence-electron chi connectivity index (χ3n) is 3.85. The van der Waals surface area contributed by atoms with E-state index in [-0.39, 0.29) is 6.04 Å². The van der Waals surface area contributed by atoms with E-state index >= 15 is 0 Å². The molecule has 8 heteroatoms. The maximum atomic E-state index is 12.1. The van der Waals surface area contributed by atoms with Crippen molar-refractivity contribution in [3.05, 3.63) is 40.6 Å². The van der Waals surface area contributed by atoms with Gasteiger partial charge < -0.3 is 25.0 Å². The number of anilines is 1. The highest BCUT2D eigenvalue weighted by Gasteiger charge is 2.19. The smallest absolute Gasteiger partial charge is 0.313 e. The number of hydrogen-bond acceptors (Lipinski definition) is 6. The van der Waals surface area contributed by atoms with Gasteiger partial charge in [0.25, 0.3) is 0 Å². The number of methoxy groups -OCH3 is 2. The molecule has 2 aromatic rings. The fraction of sp³-hybridized carbons (Fsp3) is 0.333. The first-order chi connectivity index (χ1) is 12.5. The summed E-state index contributed by atoms with van der Waals surface area (Å²) in [6, 6.07) is 6.90. The summed E-state index contributed by atoms with van der Waals surface area (Å²) in [4.78, 5) is 26.2. The molecule has 2 N–H and O–H groups in total. The lowest BCUT2D eigenvalue weighted by Gasteiger charge is -2.23. The molecule has 0 saturated carbocycles. The summed E-state index contributed by atoms with van der Waals surface area (Å²) in [5.41, 5.74) is 1.55. The highest BCUT2D eigenvalue weighted by Crippen LogP contribution is 2.29. The Morgan fingerprint density at radius 1 is 1.12 bits per heavy atom. The molecule has 26 heavy (non-hydrogen) atoms. The molecule has 1 aromatic carbocycles. The zero-order valence-electron chi connectivity index (χ0n) is 15.2. The van der Waals surface area contributed by atoms with Crippen molar-refractivity contribution in [3.8, 4) is 11.5 Å². The molecular weight excluding hydrogens is 354 g/mol. The molecule has 0 aliphatic carbocycles. The zero-order valence-corrected chi connectivity index (χ0v) is 16.1. The topological polar surface area (TPSA) is 79.9 Å². The van der Waals surface area contributed by atoms with Crippen LogP contribution >= 0.6 is 11.3 Å². The lowest BCUT2D eigenvalue weighted by molar-refractivity contribution is -0.136. The molecule has 1 atom stereocenters. The second-order valence-corrected chi connectivity index (χ2v) is 6.55. The predicted octanol–water partition coefficient (Wildman–Crippen LogP) is 2.12. The van der Waals surface area contributed by atoms with Gasteiger partial charge >= 0.3 is 11.8 Å². The summed E-state index contributed by atoms with van der Waals surface area (Å²) >= 11 is 1.59. The van der Waals surface area contributed by atoms with Crippen LogP contribution in [0.15, 0.2) is 35.0 Å². The van der Waals surface area contributed by atoms with Crippen molar-refractivity contribution in [3.63, 3.8) is 0 Å². The number of nitrogens with zero attached hydrogens (tertiary/aromatic N) is 1. The maximum absolute atomic E-state index is 12.1. The molecule has 0 radical (unpaired) electrons. The second-order valence-electron chi connectivity index (χ2n) is 5.77. The number of benzene rings is 1. The second kappa shape index (κ2) is 9.21. The number of carbonyl (C=O) groups excluding carboxylic acids is 2. The van der Waals surface area contributed by atoms with Gasteiger partial charge in [-0.15, -0.1) is 0 Å². The zero-order chi connectivity index (χ0) is 19.1. The van der Waals surface area contributed by atoms with Crippen molar-refractivity contribution in [2.75, 3.05) is 40.2 Å². The average Bonchev–Trinajstić information content (AvgIpc) is 3.15. The quantitative estimate of drug-likeness (QED) is 0.723. The Labute approximate surface area is 156 Å². The first-order valence-electron chi connectivity index (χ1n) is 7.96. The van der Waals surface area contributed by atoms with E-state index in [4.69, 9.17) is 9.47 Å². The summed E-state index contributed by atoms with van der Waals surface area (Å²) in [7, 11) is 6.89. The van der Waals surface area contributed by atoms with Gasteiger partial charge in [0.1, 0.15) is 0 Å². The van der Waals surface area contributed by atoms with Gasteiger partial charge in [-0.1, -0.05) is 0 Å². The molecule has 7 nitrogen and oxygen atoms in total. The molecule has 0 aliphatic heterocycles. The Morgan fingerprint density at radius 2 is 1.85 bits per heavy atom. The highest BCUT2D eigenvalue weighted by molar-refractivity contribution is 7.08. The van der Waals surface area contributed by atoms with Crippen LogP contribution < -0.4 is 20.1 Å². The predicted molar refractivity (Wildman–Crippen MR) is 102 cm³/mol. The van der Waals surface area contributed by atoms with Crippen LogP contribution in [0.1, 0.15) is 11.6 Å². The summed E-state index contributed by atoms with van der Waals surface area (Å²) in [6.07, 6.45) is 0. The normalized spacial score (nSPS) is 11.7. The summed E-state index contributed by atoms with van der Waals surface area (Å²) < 4.78 is 10.3. The van der Waals surface area contributed by atoms with Crippen LogP contribution in [0.25, 0.3) is 0 Å². The number of thiophene rings is 1. The maximum Gasteiger partial charge on any atom is 0.313 e. The molecular formula is C18H23N3O4S. The molecule has 0 aliphatic rings. The molecule has 0 spiro atoms. The number of ether oxygens (including phenoxy) is 2. The third-order valence-corrected chi connectivity index (χ3v) is 4.56. The molecule has 2 rings (SSSR count). The monoisotopic (exact) mass is 377 g/mol. The summed E-state index contributed by atoms with van der Waals surface area (Å²) in [6.45, 7) is 0.335. The minimum atomic E-state index is -0.736. The first kappa shape index (κ1) is 19.7. The molecule has 0 unspecified atom stereocenters. The number of likely N-dealkylation sites (N-methyl/N-ethyl adjacent to an activating group) is 1. The van der Waals surface area contributed by atoms with Crippen molar-refractivity contribution in [2.45, 2.75) is 6.04 Å². The molecule has 1 aromatic heterocycles. The van der Waals surface area contributed by atoms with Gasteiger partial charge in [-0.3, -0.25) is 9.59 Å². The Morgan fingerprint density at radius 3 is 2.42 bits per heavy atom. The fourth-order valence-electron chi connectivity index (χ4n) is 2.43. The van der Waals surface area contributed by atoms with Gasteiger partial charge in [-0.25, -0.2) is 0 Å². The number of carbonyl (C=O) groups is 2. The van der Waals surface area contributed by atoms with Crippen LogP contribution in [0.2, 0.25) is 0 Å². The van der Waals surface area contributed by atoms with E-state index in [1.54, 1.807) is 29.5 Å². The lowest BCUT2D eigenvalue weighted by atomic mass is 10.1. The Balaban J connectivity index is 1.96. The molecule has 140 valence electrons. The van der Waals surface area contributed by atoms with Crippen LogP contribution in [0.3, 0.4) is 0 Å². The van der Waals surface area contributed by atoms with Crippen LogP contribution in [0.5, 0.6) is 11.5 Å². The third kappa shape index (κ3) is 4.96. The Kier molecular flexibility index (Phi) is 6.99. The van der Waals surface area contributed by atoms with Crippen LogP contribution in [-0.2, 0) is 9.59 Å². The SMILES string of the molecule is COc1ccc(NC(=O)C(=O)NC[C@H](c2ccsc2)N(C)C)cc1OC. The summed E-state index contributed by atoms with van der Waals surface area (Å²) in [5.74, 6) is -0.419. The largest absolute Gasteiger partial charge is 0.493 e. The molecule has 1 heterocycles. The van der Waals surface area contributed by atoms with Gasteiger partial charge in [0.15, 0.2) is 11.5 Å². The van der Waals surface area contributed by atoms with Crippen molar-refractivity contribution >= 4 is 28.8 Å². The molecule has 0 fully saturated rings. The van der Waals surface area contributed by atoms with Crippen molar-refractivity contribution in [1.82, 2.24) is 10.2 Å². The average molecular weight is 377 g/mol. The van der Waals surface area contributed by atoms with Crippen molar-refractivity contribution < 1.29 is 19.1 Å². The number of amides is 2. The van der Waals surface area contributed by atoms with Gasteiger partial charge in [-0.2, -0.15) is 11.3 Å². The highest BCUT2D eigenvalue weighted by atomic mass is 32.1. The fourth-order valence-corrected chi connectivity index (χ4v) is 3.14. The van der Waals surface area contributed by atoms with Gasteiger partial charge in [0.2, 0.25) is 0 Å². The standard InChI is InChI=1S/C18H23N3O4S/c1-21(2)14(12-7-8-26-11-12)10-19-17(22)18(23)20-13-5-6-15(24-3)16(9-13)25-4/h5-9,11,14H,10H2,1-4H3,(H,19,22)(H,20,23)/t14-/m1/s1. The van der Waals surface area contributed by atoms with Crippen LogP contribution in [0.4, 0.5) is 5.69 Å².